The van der Waals surface area contributed by atoms with Gasteiger partial charge in [0.1, 0.15) is 0 Å². The molecule has 1 aromatic rings. The van der Waals surface area contributed by atoms with Gasteiger partial charge in [-0.3, -0.25) is 0 Å². The molecule has 42 valence electrons. The second kappa shape index (κ2) is 1.68. The first-order valence-electron chi connectivity index (χ1n) is 1.89. The molecule has 0 fully saturated rings. The fourth-order valence-corrected chi connectivity index (χ4v) is 0.476. The summed E-state index contributed by atoms with van der Waals surface area (Å²) in [7, 11) is 1.87. The number of hydrogen-bond acceptors (Lipinski definition) is 1. The Bertz CT molecular complexity index is 142. The van der Waals surface area contributed by atoms with Crippen LogP contribution in [0.15, 0.2) is 12.4 Å². The summed E-state index contributed by atoms with van der Waals surface area (Å²) in [4.78, 5) is 3.78. The van der Waals surface area contributed by atoms with Crippen LogP contribution in [0, 0.1) is 0 Å². The van der Waals surface area contributed by atoms with Crippen LogP contribution in [0.4, 0.5) is 0 Å². The van der Waals surface area contributed by atoms with E-state index in [4.69, 9.17) is 16.0 Å². The van der Waals surface area contributed by atoms with Crippen molar-refractivity contribution in [3.8, 4) is 0 Å². The normalized spacial score (nSPS) is 9.57. The van der Waals surface area contributed by atoms with Gasteiger partial charge >= 0.3 is 49.7 Å². The second-order valence-electron chi connectivity index (χ2n) is 1.27. The first-order valence-corrected chi connectivity index (χ1v) is 2.37. The Kier molecular flexibility index (Phi) is 1.17. The Hall–Kier alpha value is -0.271. The van der Waals surface area contributed by atoms with Gasteiger partial charge in [0, 0.05) is 0 Å². The van der Waals surface area contributed by atoms with Crippen molar-refractivity contribution < 1.29 is 16.0 Å². The SMILES string of the molecule is Cn1ccn[c]1[Cu]. The summed E-state index contributed by atoms with van der Waals surface area (Å²) in [5, 5.41) is 0. The monoisotopic (exact) mass is 144 g/mol. The zero-order valence-corrected chi connectivity index (χ0v) is 4.79. The number of aryl methyl sites for hydroxylation is 1. The van der Waals surface area contributed by atoms with E-state index in [1.807, 2.05) is 13.2 Å². The van der Waals surface area contributed by atoms with Gasteiger partial charge in [-0.05, 0) is 0 Å². The van der Waals surface area contributed by atoms with Crippen molar-refractivity contribution in [1.29, 1.82) is 0 Å². The van der Waals surface area contributed by atoms with Crippen LogP contribution in [0.2, 0.25) is 0 Å². The number of rotatable bonds is 0. The average molecular weight is 145 g/mol. The van der Waals surface area contributed by atoms with E-state index in [0.29, 0.717) is 4.72 Å². The minimum atomic E-state index is 0.618. The molecule has 0 aliphatic heterocycles. The molecular formula is C4H5CuN2. The molecule has 0 atom stereocenters. The van der Waals surface area contributed by atoms with Crippen LogP contribution in [0.3, 0.4) is 0 Å². The van der Waals surface area contributed by atoms with Crippen molar-refractivity contribution in [3.63, 3.8) is 0 Å². The van der Waals surface area contributed by atoms with Crippen molar-refractivity contribution >= 4 is 4.72 Å². The third kappa shape index (κ3) is 0.842. The van der Waals surface area contributed by atoms with E-state index < -0.39 is 0 Å². The average Bonchev–Trinajstić information content (AvgIpc) is 1.91. The molecule has 0 aromatic carbocycles. The van der Waals surface area contributed by atoms with E-state index in [1.165, 1.54) is 0 Å². The quantitative estimate of drug-likeness (QED) is 0.453. The van der Waals surface area contributed by atoms with Crippen molar-refractivity contribution in [2.75, 3.05) is 0 Å². The fraction of sp³-hybridized carbons (Fsp3) is 0.250. The van der Waals surface area contributed by atoms with Gasteiger partial charge in [-0.1, -0.05) is 0 Å². The van der Waals surface area contributed by atoms with E-state index in [1.54, 1.807) is 10.8 Å². The summed E-state index contributed by atoms with van der Waals surface area (Å²) < 4.78 is 2.40. The van der Waals surface area contributed by atoms with Gasteiger partial charge in [-0.25, -0.2) is 0 Å². The molecule has 0 aliphatic rings. The molecule has 1 heterocycles. The van der Waals surface area contributed by atoms with Crippen LogP contribution in [0.1, 0.15) is 0 Å². The van der Waals surface area contributed by atoms with Gasteiger partial charge in [0.25, 0.3) is 0 Å². The van der Waals surface area contributed by atoms with Gasteiger partial charge in [0.2, 0.25) is 0 Å². The Labute approximate surface area is 50.4 Å². The first kappa shape index (κ1) is 4.88. The molecule has 1 rings (SSSR count). The second-order valence-corrected chi connectivity index (χ2v) is 1.69. The van der Waals surface area contributed by atoms with Crippen molar-refractivity contribution in [2.24, 2.45) is 7.05 Å². The molecule has 0 N–H and O–H groups in total. The van der Waals surface area contributed by atoms with Crippen LogP contribution >= 0.6 is 0 Å². The summed E-state index contributed by atoms with van der Waals surface area (Å²) in [6, 6.07) is 0. The summed E-state index contributed by atoms with van der Waals surface area (Å²) in [6.45, 7) is 0. The predicted molar refractivity (Wildman–Crippen MR) is 22.8 cm³/mol. The molecule has 0 radical (unpaired) electrons. The van der Waals surface area contributed by atoms with Crippen LogP contribution < -0.4 is 4.72 Å². The third-order valence-corrected chi connectivity index (χ3v) is 1.18. The van der Waals surface area contributed by atoms with Crippen molar-refractivity contribution in [3.05, 3.63) is 12.4 Å². The Morgan fingerprint density at radius 1 is 1.86 bits per heavy atom. The molecule has 7 heavy (non-hydrogen) atoms. The molecule has 2 nitrogen and oxygen atoms in total. The molecule has 0 unspecified atom stereocenters. The molecule has 0 saturated carbocycles. The minimum absolute atomic E-state index is 0.618. The van der Waals surface area contributed by atoms with E-state index in [2.05, 4.69) is 4.98 Å². The molecule has 0 bridgehead atoms. The molecule has 0 spiro atoms. The van der Waals surface area contributed by atoms with Gasteiger partial charge in [-0.15, -0.1) is 0 Å². The van der Waals surface area contributed by atoms with Crippen LogP contribution in [-0.2, 0) is 23.1 Å². The Balaban J connectivity index is 3.12. The van der Waals surface area contributed by atoms with Gasteiger partial charge < -0.3 is 0 Å². The molecule has 1 aromatic heterocycles. The molecular weight excluding hydrogens is 140 g/mol. The van der Waals surface area contributed by atoms with Gasteiger partial charge in [0.05, 0.1) is 0 Å². The van der Waals surface area contributed by atoms with Crippen LogP contribution in [0.5, 0.6) is 0 Å². The van der Waals surface area contributed by atoms with Crippen molar-refractivity contribution in [2.45, 2.75) is 0 Å². The molecule has 0 saturated heterocycles. The summed E-state index contributed by atoms with van der Waals surface area (Å²) in [6.07, 6.45) is 3.49. The Morgan fingerprint density at radius 3 is 2.71 bits per heavy atom. The number of hydrogen-bond donors (Lipinski definition) is 0. The van der Waals surface area contributed by atoms with E-state index >= 15 is 0 Å². The molecule has 0 aliphatic carbocycles. The Morgan fingerprint density at radius 2 is 2.57 bits per heavy atom. The molecule has 3 heteroatoms. The number of imidazole rings is 1. The van der Waals surface area contributed by atoms with Gasteiger partial charge in [-0.2, -0.15) is 0 Å². The summed E-state index contributed by atoms with van der Waals surface area (Å²) >= 11 is 4.88. The topological polar surface area (TPSA) is 17.8 Å². The van der Waals surface area contributed by atoms with Gasteiger partial charge in [0.15, 0.2) is 0 Å². The maximum atomic E-state index is 4.88. The summed E-state index contributed by atoms with van der Waals surface area (Å²) in [5.74, 6) is 0. The van der Waals surface area contributed by atoms with Crippen molar-refractivity contribution in [1.82, 2.24) is 9.55 Å². The predicted octanol–water partition coefficient (Wildman–Crippen LogP) is -0.408. The first-order chi connectivity index (χ1) is 3.30. The summed E-state index contributed by atoms with van der Waals surface area (Å²) in [5.41, 5.74) is 0. The van der Waals surface area contributed by atoms with Crippen LogP contribution in [-0.4, -0.2) is 9.55 Å². The standard InChI is InChI=1S/C4H5N2.Cu/c1-6-3-2-5-4-6;/h2-3H,1H3;. The molecule has 0 amide bonds. The fourth-order valence-electron chi connectivity index (χ4n) is 0.336. The number of nitrogens with zero attached hydrogens (tertiary/aromatic N) is 2. The maximum absolute atomic E-state index is 4.88. The van der Waals surface area contributed by atoms with E-state index in [0.717, 1.165) is 0 Å². The zero-order valence-electron chi connectivity index (χ0n) is 3.85. The van der Waals surface area contributed by atoms with E-state index in [-0.39, 0.29) is 0 Å². The third-order valence-electron chi connectivity index (χ3n) is 0.726. The van der Waals surface area contributed by atoms with E-state index in [9.17, 15) is 0 Å². The number of aromatic nitrogens is 2. The zero-order chi connectivity index (χ0) is 5.28. The van der Waals surface area contributed by atoms with Crippen LogP contribution in [0.25, 0.3) is 0 Å².